The summed E-state index contributed by atoms with van der Waals surface area (Å²) in [6, 6.07) is 0. The first-order chi connectivity index (χ1) is 23.3. The fraction of sp³-hybridized carbons (Fsp3) is 0.818. The van der Waals surface area contributed by atoms with E-state index < -0.39 is 0 Å². The van der Waals surface area contributed by atoms with Gasteiger partial charge in [0.25, 0.3) is 0 Å². The number of hydrogen-bond donors (Lipinski definition) is 0. The van der Waals surface area contributed by atoms with E-state index in [-0.39, 0.29) is 6.10 Å². The van der Waals surface area contributed by atoms with E-state index in [9.17, 15) is 0 Å². The first kappa shape index (κ1) is 45.8. The smallest absolute Gasteiger partial charge is 0.0820 e. The van der Waals surface area contributed by atoms with Gasteiger partial charge in [0.05, 0.1) is 12.7 Å². The highest BCUT2D eigenvalue weighted by molar-refractivity contribution is 4.93. The van der Waals surface area contributed by atoms with Gasteiger partial charge in [0.2, 0.25) is 0 Å². The largest absolute Gasteiger partial charge is 0.379 e. The van der Waals surface area contributed by atoms with Crippen LogP contribution in [-0.2, 0) is 9.47 Å². The number of rotatable bonds is 38. The van der Waals surface area contributed by atoms with Gasteiger partial charge < -0.3 is 14.4 Å². The zero-order chi connectivity index (χ0) is 34.1. The molecule has 0 amide bonds. The maximum atomic E-state index is 6.36. The highest BCUT2D eigenvalue weighted by atomic mass is 16.5. The fourth-order valence-electron chi connectivity index (χ4n) is 5.83. The van der Waals surface area contributed by atoms with Crippen molar-refractivity contribution in [2.24, 2.45) is 0 Å². The molecule has 0 saturated carbocycles. The average molecular weight is 658 g/mol. The van der Waals surface area contributed by atoms with Gasteiger partial charge in [0, 0.05) is 19.8 Å². The monoisotopic (exact) mass is 658 g/mol. The van der Waals surface area contributed by atoms with Gasteiger partial charge in [-0.2, -0.15) is 0 Å². The predicted octanol–water partition coefficient (Wildman–Crippen LogP) is 13.7. The van der Waals surface area contributed by atoms with Crippen molar-refractivity contribution in [1.82, 2.24) is 4.90 Å². The molecule has 0 unspecified atom stereocenters. The Labute approximate surface area is 296 Å². The zero-order valence-corrected chi connectivity index (χ0v) is 32.4. The van der Waals surface area contributed by atoms with Gasteiger partial charge in [-0.25, -0.2) is 0 Å². The van der Waals surface area contributed by atoms with Gasteiger partial charge in [-0.05, 0) is 96.6 Å². The van der Waals surface area contributed by atoms with E-state index in [1.807, 2.05) is 0 Å². The minimum Gasteiger partial charge on any atom is -0.379 e. The third-order valence-corrected chi connectivity index (χ3v) is 9.15. The Balaban J connectivity index is 3.82. The summed E-state index contributed by atoms with van der Waals surface area (Å²) in [5, 5.41) is 0. The van der Waals surface area contributed by atoms with Gasteiger partial charge in [-0.15, -0.1) is 0 Å². The van der Waals surface area contributed by atoms with Gasteiger partial charge >= 0.3 is 0 Å². The Hall–Kier alpha value is -1.16. The molecule has 0 radical (unpaired) electrons. The number of allylic oxidation sites excluding steroid dienone is 8. The molecule has 0 fully saturated rings. The number of ether oxygens (including phenoxy) is 2. The lowest BCUT2D eigenvalue weighted by Gasteiger charge is -2.23. The van der Waals surface area contributed by atoms with Crippen molar-refractivity contribution in [3.63, 3.8) is 0 Å². The summed E-state index contributed by atoms with van der Waals surface area (Å²) in [7, 11) is 0. The molecule has 0 aliphatic rings. The van der Waals surface area contributed by atoms with Crippen LogP contribution >= 0.6 is 0 Å². The molecule has 0 N–H and O–H groups in total. The molecule has 3 nitrogen and oxygen atoms in total. The molecule has 3 heteroatoms. The van der Waals surface area contributed by atoms with Crippen LogP contribution in [0.25, 0.3) is 0 Å². The van der Waals surface area contributed by atoms with Crippen LogP contribution in [0.3, 0.4) is 0 Å². The van der Waals surface area contributed by atoms with E-state index in [0.717, 1.165) is 58.7 Å². The van der Waals surface area contributed by atoms with Crippen molar-refractivity contribution in [2.45, 2.75) is 194 Å². The number of unbranched alkanes of at least 4 members (excludes halogenated alkanes) is 18. The van der Waals surface area contributed by atoms with Crippen molar-refractivity contribution >= 4 is 0 Å². The van der Waals surface area contributed by atoms with Crippen LogP contribution in [0.1, 0.15) is 188 Å². The van der Waals surface area contributed by atoms with E-state index >= 15 is 0 Å². The minimum absolute atomic E-state index is 0.234. The highest BCUT2D eigenvalue weighted by Crippen LogP contribution is 2.12. The third kappa shape index (κ3) is 37.5. The molecular formula is C44H83NO2. The Morgan fingerprint density at radius 3 is 1.30 bits per heavy atom. The minimum atomic E-state index is 0.234. The lowest BCUT2D eigenvalue weighted by Crippen LogP contribution is -2.30. The topological polar surface area (TPSA) is 21.7 Å². The van der Waals surface area contributed by atoms with Crippen molar-refractivity contribution < 1.29 is 9.47 Å². The average Bonchev–Trinajstić information content (AvgIpc) is 3.09. The van der Waals surface area contributed by atoms with Crippen molar-refractivity contribution in [3.05, 3.63) is 48.6 Å². The first-order valence-corrected chi connectivity index (χ1v) is 20.8. The van der Waals surface area contributed by atoms with Crippen molar-refractivity contribution in [2.75, 3.05) is 39.5 Å². The summed E-state index contributed by atoms with van der Waals surface area (Å²) in [5.74, 6) is 0. The number of hydrogen-bond acceptors (Lipinski definition) is 3. The lowest BCUT2D eigenvalue weighted by molar-refractivity contribution is -0.0259. The molecule has 0 spiro atoms. The van der Waals surface area contributed by atoms with Crippen molar-refractivity contribution in [3.8, 4) is 0 Å². The molecule has 0 bridgehead atoms. The standard InChI is InChI=1S/C44H83NO2/c1-5-9-11-13-15-17-19-21-23-25-27-29-31-33-35-37-41-46-43-44(39-40-45(7-3)8-4)47-42-38-36-34-32-30-28-26-24-22-20-18-16-14-12-10-6-2/h15-18,21-24,44H,5-14,19-20,25-43H2,1-4H3/b17-15-,18-16-,23-21-,24-22-/t44-/m1/s1. The second-order valence-electron chi connectivity index (χ2n) is 13.6. The maximum Gasteiger partial charge on any atom is 0.0820 e. The third-order valence-electron chi connectivity index (χ3n) is 9.15. The molecule has 0 aromatic rings. The second-order valence-corrected chi connectivity index (χ2v) is 13.6. The summed E-state index contributed by atoms with van der Waals surface area (Å²) in [6.45, 7) is 14.9. The normalized spacial score (nSPS) is 13.1. The van der Waals surface area contributed by atoms with Crippen LogP contribution in [0.15, 0.2) is 48.6 Å². The van der Waals surface area contributed by atoms with E-state index in [4.69, 9.17) is 9.47 Å². The molecule has 0 rings (SSSR count). The van der Waals surface area contributed by atoms with E-state index in [2.05, 4.69) is 81.2 Å². The lowest BCUT2D eigenvalue weighted by atomic mass is 10.1. The number of nitrogens with zero attached hydrogens (tertiary/aromatic N) is 1. The Bertz CT molecular complexity index is 693. The van der Waals surface area contributed by atoms with Crippen LogP contribution in [0.5, 0.6) is 0 Å². The summed E-state index contributed by atoms with van der Waals surface area (Å²) in [6.07, 6.45) is 51.0. The molecular weight excluding hydrogens is 574 g/mol. The van der Waals surface area contributed by atoms with E-state index in [1.54, 1.807) is 0 Å². The molecule has 0 heterocycles. The first-order valence-electron chi connectivity index (χ1n) is 20.8. The molecule has 0 aromatic carbocycles. The molecule has 47 heavy (non-hydrogen) atoms. The summed E-state index contributed by atoms with van der Waals surface area (Å²) < 4.78 is 12.5. The van der Waals surface area contributed by atoms with Crippen molar-refractivity contribution in [1.29, 1.82) is 0 Å². The van der Waals surface area contributed by atoms with Gasteiger partial charge in [-0.1, -0.05) is 153 Å². The van der Waals surface area contributed by atoms with Crippen LogP contribution in [0.4, 0.5) is 0 Å². The fourth-order valence-corrected chi connectivity index (χ4v) is 5.83. The SMILES string of the molecule is CCCCC/C=C\C/C=C\CCCCCCCCOC[C@@H](CCN(CC)CC)OCCCCCCCC/C=C\C/C=C\CCCCC. The van der Waals surface area contributed by atoms with Crippen LogP contribution in [0.2, 0.25) is 0 Å². The molecule has 0 aliphatic heterocycles. The molecule has 0 saturated heterocycles. The van der Waals surface area contributed by atoms with Crippen LogP contribution in [-0.4, -0.2) is 50.5 Å². The molecule has 1 atom stereocenters. The van der Waals surface area contributed by atoms with E-state index in [0.29, 0.717) is 0 Å². The second kappa shape index (κ2) is 41.0. The maximum absolute atomic E-state index is 6.36. The summed E-state index contributed by atoms with van der Waals surface area (Å²) in [5.41, 5.74) is 0. The van der Waals surface area contributed by atoms with Crippen LogP contribution < -0.4 is 0 Å². The zero-order valence-electron chi connectivity index (χ0n) is 32.4. The molecule has 0 aliphatic carbocycles. The quantitative estimate of drug-likeness (QED) is 0.0487. The summed E-state index contributed by atoms with van der Waals surface area (Å²) >= 11 is 0. The van der Waals surface area contributed by atoms with Gasteiger partial charge in [0.1, 0.15) is 0 Å². The molecule has 276 valence electrons. The van der Waals surface area contributed by atoms with Crippen LogP contribution in [0, 0.1) is 0 Å². The van der Waals surface area contributed by atoms with E-state index in [1.165, 1.54) is 141 Å². The van der Waals surface area contributed by atoms with Gasteiger partial charge in [0.15, 0.2) is 0 Å². The summed E-state index contributed by atoms with van der Waals surface area (Å²) in [4.78, 5) is 2.50. The molecule has 0 aromatic heterocycles. The predicted molar refractivity (Wildman–Crippen MR) is 212 cm³/mol. The highest BCUT2D eigenvalue weighted by Gasteiger charge is 2.11. The Kier molecular flexibility index (Phi) is 40.0. The Morgan fingerprint density at radius 2 is 0.851 bits per heavy atom. The Morgan fingerprint density at radius 1 is 0.447 bits per heavy atom. The van der Waals surface area contributed by atoms with Gasteiger partial charge in [-0.3, -0.25) is 0 Å².